The van der Waals surface area contributed by atoms with Crippen LogP contribution in [0.1, 0.15) is 5.56 Å². The van der Waals surface area contributed by atoms with Gasteiger partial charge in [0, 0.05) is 10.9 Å². The Kier molecular flexibility index (Phi) is 3.50. The molecule has 118 valence electrons. The van der Waals surface area contributed by atoms with Gasteiger partial charge in [-0.15, -0.1) is 0 Å². The number of carbonyl (C=O) groups excluding carboxylic acids is 1. The van der Waals surface area contributed by atoms with Crippen LogP contribution in [0.2, 0.25) is 0 Å². The molecule has 4 rings (SSSR count). The molecular weight excluding hydrogens is 307 g/mol. The minimum Gasteiger partial charge on any atom is -0.464 e. The van der Waals surface area contributed by atoms with Crippen molar-refractivity contribution in [3.05, 3.63) is 78.3 Å². The molecule has 3 nitrogen and oxygen atoms in total. The number of rotatable bonds is 3. The largest absolute Gasteiger partial charge is 0.464 e. The lowest BCUT2D eigenvalue weighted by Gasteiger charge is -2.04. The summed E-state index contributed by atoms with van der Waals surface area (Å²) in [5.41, 5.74) is 1.51. The molecular formula is C20H13FO3. The summed E-state index contributed by atoms with van der Waals surface area (Å²) < 4.78 is 23.7. The SMILES string of the molecule is O=C(Cc1coc2ccc3ccccc3c12)Oc1ccc(F)cc1. The molecule has 0 unspecified atom stereocenters. The van der Waals surface area contributed by atoms with Crippen LogP contribution in [-0.2, 0) is 11.2 Å². The summed E-state index contributed by atoms with van der Waals surface area (Å²) >= 11 is 0. The second-order valence-electron chi connectivity index (χ2n) is 5.53. The van der Waals surface area contributed by atoms with Crippen molar-refractivity contribution in [2.45, 2.75) is 6.42 Å². The van der Waals surface area contributed by atoms with Crippen molar-refractivity contribution >= 4 is 27.7 Å². The Bertz CT molecular complexity index is 1030. The number of ether oxygens (including phenoxy) is 1. The Balaban J connectivity index is 1.65. The van der Waals surface area contributed by atoms with Crippen LogP contribution >= 0.6 is 0 Å². The van der Waals surface area contributed by atoms with E-state index in [4.69, 9.17) is 9.15 Å². The van der Waals surface area contributed by atoms with Gasteiger partial charge in [0.2, 0.25) is 0 Å². The average Bonchev–Trinajstić information content (AvgIpc) is 3.00. The van der Waals surface area contributed by atoms with Crippen LogP contribution in [0.5, 0.6) is 5.75 Å². The smallest absolute Gasteiger partial charge is 0.315 e. The van der Waals surface area contributed by atoms with Crippen LogP contribution in [0.4, 0.5) is 4.39 Å². The monoisotopic (exact) mass is 320 g/mol. The van der Waals surface area contributed by atoms with E-state index in [9.17, 15) is 9.18 Å². The molecule has 1 heterocycles. The Morgan fingerprint density at radius 1 is 1.00 bits per heavy atom. The van der Waals surface area contributed by atoms with Gasteiger partial charge in [-0.1, -0.05) is 30.3 Å². The zero-order valence-electron chi connectivity index (χ0n) is 12.7. The summed E-state index contributed by atoms with van der Waals surface area (Å²) in [4.78, 5) is 12.2. The van der Waals surface area contributed by atoms with E-state index < -0.39 is 5.97 Å². The van der Waals surface area contributed by atoms with E-state index >= 15 is 0 Å². The van der Waals surface area contributed by atoms with Crippen LogP contribution in [-0.4, -0.2) is 5.97 Å². The van der Waals surface area contributed by atoms with E-state index in [2.05, 4.69) is 0 Å². The molecule has 0 saturated heterocycles. The lowest BCUT2D eigenvalue weighted by atomic mass is 10.0. The number of hydrogen-bond acceptors (Lipinski definition) is 3. The van der Waals surface area contributed by atoms with Gasteiger partial charge < -0.3 is 9.15 Å². The van der Waals surface area contributed by atoms with Crippen molar-refractivity contribution in [1.82, 2.24) is 0 Å². The molecule has 3 aromatic carbocycles. The number of carbonyl (C=O) groups is 1. The first kappa shape index (κ1) is 14.5. The second-order valence-corrected chi connectivity index (χ2v) is 5.53. The van der Waals surface area contributed by atoms with Crippen LogP contribution in [0.15, 0.2) is 71.3 Å². The molecule has 0 N–H and O–H groups in total. The maximum absolute atomic E-state index is 12.9. The van der Waals surface area contributed by atoms with Gasteiger partial charge in [-0.25, -0.2) is 4.39 Å². The van der Waals surface area contributed by atoms with Crippen molar-refractivity contribution < 1.29 is 18.3 Å². The fraction of sp³-hybridized carbons (Fsp3) is 0.0500. The molecule has 1 aromatic heterocycles. The lowest BCUT2D eigenvalue weighted by molar-refractivity contribution is -0.133. The molecule has 0 radical (unpaired) electrons. The van der Waals surface area contributed by atoms with Crippen molar-refractivity contribution in [3.8, 4) is 5.75 Å². The van der Waals surface area contributed by atoms with Gasteiger partial charge in [-0.3, -0.25) is 4.79 Å². The lowest BCUT2D eigenvalue weighted by Crippen LogP contribution is -2.10. The first-order valence-electron chi connectivity index (χ1n) is 7.55. The summed E-state index contributed by atoms with van der Waals surface area (Å²) in [6.45, 7) is 0. The zero-order valence-corrected chi connectivity index (χ0v) is 12.7. The highest BCUT2D eigenvalue weighted by atomic mass is 19.1. The van der Waals surface area contributed by atoms with Gasteiger partial charge in [0.25, 0.3) is 0 Å². The van der Waals surface area contributed by atoms with Crippen molar-refractivity contribution in [2.75, 3.05) is 0 Å². The third-order valence-corrected chi connectivity index (χ3v) is 3.92. The number of benzene rings is 3. The molecule has 0 spiro atoms. The average molecular weight is 320 g/mol. The minimum atomic E-state index is -0.419. The van der Waals surface area contributed by atoms with Gasteiger partial charge in [-0.05, 0) is 41.1 Å². The molecule has 4 heteroatoms. The molecule has 0 atom stereocenters. The highest BCUT2D eigenvalue weighted by Crippen LogP contribution is 2.30. The molecule has 0 bridgehead atoms. The first-order valence-corrected chi connectivity index (χ1v) is 7.55. The molecule has 0 aliphatic carbocycles. The molecule has 4 aromatic rings. The number of fused-ring (bicyclic) bond motifs is 3. The Morgan fingerprint density at radius 3 is 2.62 bits per heavy atom. The highest BCUT2D eigenvalue weighted by Gasteiger charge is 2.14. The van der Waals surface area contributed by atoms with Crippen molar-refractivity contribution in [3.63, 3.8) is 0 Å². The van der Waals surface area contributed by atoms with Crippen LogP contribution in [0, 0.1) is 5.82 Å². The maximum atomic E-state index is 12.9. The van der Waals surface area contributed by atoms with E-state index in [1.807, 2.05) is 36.4 Å². The van der Waals surface area contributed by atoms with Gasteiger partial charge >= 0.3 is 5.97 Å². The predicted molar refractivity (Wildman–Crippen MR) is 89.5 cm³/mol. The number of halogens is 1. The molecule has 0 amide bonds. The molecule has 24 heavy (non-hydrogen) atoms. The highest BCUT2D eigenvalue weighted by molar-refractivity contribution is 6.08. The summed E-state index contributed by atoms with van der Waals surface area (Å²) in [5.74, 6) is -0.474. The van der Waals surface area contributed by atoms with E-state index in [0.29, 0.717) is 5.75 Å². The third-order valence-electron chi connectivity index (χ3n) is 3.92. The third kappa shape index (κ3) is 2.63. The summed E-state index contributed by atoms with van der Waals surface area (Å²) in [6, 6.07) is 17.2. The zero-order chi connectivity index (χ0) is 16.5. The fourth-order valence-corrected chi connectivity index (χ4v) is 2.83. The Labute approximate surface area is 137 Å². The maximum Gasteiger partial charge on any atom is 0.315 e. The van der Waals surface area contributed by atoms with E-state index in [-0.39, 0.29) is 12.2 Å². The van der Waals surface area contributed by atoms with E-state index in [1.165, 1.54) is 24.3 Å². The summed E-state index contributed by atoms with van der Waals surface area (Å²) in [7, 11) is 0. The molecule has 0 aliphatic heterocycles. The topological polar surface area (TPSA) is 39.4 Å². The van der Waals surface area contributed by atoms with Crippen molar-refractivity contribution in [2.24, 2.45) is 0 Å². The molecule has 0 aliphatic rings. The second kappa shape index (κ2) is 5.81. The fourth-order valence-electron chi connectivity index (χ4n) is 2.83. The predicted octanol–water partition coefficient (Wildman–Crippen LogP) is 4.87. The van der Waals surface area contributed by atoms with Crippen LogP contribution in [0.3, 0.4) is 0 Å². The van der Waals surface area contributed by atoms with E-state index in [1.54, 1.807) is 6.26 Å². The number of hydrogen-bond donors (Lipinski definition) is 0. The van der Waals surface area contributed by atoms with Gasteiger partial charge in [0.15, 0.2) is 0 Å². The van der Waals surface area contributed by atoms with Gasteiger partial charge in [-0.2, -0.15) is 0 Å². The minimum absolute atomic E-state index is 0.0817. The number of furan rings is 1. The standard InChI is InChI=1S/C20H13FO3/c21-15-6-8-16(9-7-15)24-19(22)11-14-12-23-18-10-5-13-3-1-2-4-17(13)20(14)18/h1-10,12H,11H2. The molecule has 0 saturated carbocycles. The van der Waals surface area contributed by atoms with Crippen LogP contribution in [0.25, 0.3) is 21.7 Å². The first-order chi connectivity index (χ1) is 11.7. The van der Waals surface area contributed by atoms with E-state index in [0.717, 1.165) is 27.3 Å². The van der Waals surface area contributed by atoms with Gasteiger partial charge in [0.1, 0.15) is 17.1 Å². The van der Waals surface area contributed by atoms with Crippen molar-refractivity contribution in [1.29, 1.82) is 0 Å². The summed E-state index contributed by atoms with van der Waals surface area (Å²) in [5, 5.41) is 3.04. The van der Waals surface area contributed by atoms with Gasteiger partial charge in [0.05, 0.1) is 12.7 Å². The Morgan fingerprint density at radius 2 is 1.79 bits per heavy atom. The summed E-state index contributed by atoms with van der Waals surface area (Å²) in [6.07, 6.45) is 1.67. The van der Waals surface area contributed by atoms with Crippen LogP contribution < -0.4 is 4.74 Å². The molecule has 0 fully saturated rings. The Hall–Kier alpha value is -3.14. The normalized spacial score (nSPS) is 11.0. The number of esters is 1. The quantitative estimate of drug-likeness (QED) is 0.399.